The van der Waals surface area contributed by atoms with Gasteiger partial charge in [0.05, 0.1) is 36.5 Å². The molecule has 182 valence electrons. The number of hydrogen-bond donors (Lipinski definition) is 6. The van der Waals surface area contributed by atoms with E-state index in [0.717, 1.165) is 25.3 Å². The Morgan fingerprint density at radius 3 is 1.62 bits per heavy atom. The van der Waals surface area contributed by atoms with E-state index in [2.05, 4.69) is 4.74 Å². The summed E-state index contributed by atoms with van der Waals surface area (Å²) in [6.45, 7) is 0. The fourth-order valence-corrected chi connectivity index (χ4v) is 1.98. The van der Waals surface area contributed by atoms with Gasteiger partial charge in [0.15, 0.2) is 23.0 Å². The number of phenolic OH excluding ortho intramolecular Hbond substituents is 2. The van der Waals surface area contributed by atoms with Gasteiger partial charge < -0.3 is 48.2 Å². The smallest absolute Gasteiger partial charge is 0.342 e. The molecule has 0 saturated carbocycles. The minimum atomic E-state index is -1.49. The molecule has 2 rings (SSSR count). The standard InChI is InChI=1S/C8H7NO6.C8H9NO4.CH4O.CH3.Pd/c1-15-7-3-5(9(13)14)4(8(11)12)2-6(7)10;1-13-7-3-5(9)4(8(11)12)2-6(7)10;1-2;;/h2-3,10H,1H3,(H,11,12);2-3,10H,9H2,1H3,(H,11,12);2H,1H3;1H3;/q;;;-1;. The SMILES string of the molecule is CO.COc1cc(N)c(C(=O)O)cc1O.COc1cc([N+](=O)[O-])c(C(=O)O)cc1O.[CH3-].[Pd]. The Morgan fingerprint density at radius 1 is 0.906 bits per heavy atom. The molecule has 0 spiro atoms. The summed E-state index contributed by atoms with van der Waals surface area (Å²) in [6, 6.07) is 3.95. The first-order chi connectivity index (χ1) is 14.0. The Kier molecular flexibility index (Phi) is 15.7. The minimum absolute atomic E-state index is 0. The number of nitro benzene ring substituents is 1. The van der Waals surface area contributed by atoms with E-state index < -0.39 is 33.9 Å². The summed E-state index contributed by atoms with van der Waals surface area (Å²) in [6.07, 6.45) is 0. The van der Waals surface area contributed by atoms with Gasteiger partial charge in [0.2, 0.25) is 0 Å². The number of phenols is 2. The molecule has 2 aromatic rings. The summed E-state index contributed by atoms with van der Waals surface area (Å²) in [5, 5.41) is 53.2. The molecule has 32 heavy (non-hydrogen) atoms. The predicted molar refractivity (Wildman–Crippen MR) is 109 cm³/mol. The Morgan fingerprint density at radius 2 is 1.28 bits per heavy atom. The van der Waals surface area contributed by atoms with E-state index in [-0.39, 0.29) is 56.3 Å². The van der Waals surface area contributed by atoms with Gasteiger partial charge in [-0.3, -0.25) is 10.1 Å². The number of nitro groups is 1. The second kappa shape index (κ2) is 15.2. The van der Waals surface area contributed by atoms with Crippen LogP contribution in [0.5, 0.6) is 23.0 Å². The van der Waals surface area contributed by atoms with Crippen LogP contribution < -0.4 is 15.2 Å². The fraction of sp³-hybridized carbons (Fsp3) is 0.167. The van der Waals surface area contributed by atoms with E-state index in [9.17, 15) is 29.9 Å². The zero-order chi connectivity index (χ0) is 23.6. The average Bonchev–Trinajstić information content (AvgIpc) is 2.70. The van der Waals surface area contributed by atoms with Crippen molar-refractivity contribution in [3.8, 4) is 23.0 Å². The topological polar surface area (TPSA) is 223 Å². The van der Waals surface area contributed by atoms with Crippen LogP contribution in [0, 0.1) is 17.5 Å². The van der Waals surface area contributed by atoms with Gasteiger partial charge >= 0.3 is 11.9 Å². The van der Waals surface area contributed by atoms with Gasteiger partial charge in [-0.25, -0.2) is 9.59 Å². The van der Waals surface area contributed by atoms with Gasteiger partial charge in [-0.15, -0.1) is 0 Å². The van der Waals surface area contributed by atoms with Gasteiger partial charge in [0.25, 0.3) is 5.69 Å². The van der Waals surface area contributed by atoms with Gasteiger partial charge in [-0.1, -0.05) is 0 Å². The Balaban J connectivity index is -0.000000464. The number of nitrogens with zero attached hydrogens (tertiary/aromatic N) is 1. The monoisotopic (exact) mass is 549 g/mol. The molecule has 2 aromatic carbocycles. The number of aliphatic hydroxyl groups is 1. The first-order valence-electron chi connectivity index (χ1n) is 7.66. The first kappa shape index (κ1) is 33.1. The van der Waals surface area contributed by atoms with Crippen molar-refractivity contribution in [3.05, 3.63) is 52.9 Å². The van der Waals surface area contributed by atoms with E-state index >= 15 is 0 Å². The molecule has 0 bridgehead atoms. The van der Waals surface area contributed by atoms with Crippen LogP contribution in [-0.2, 0) is 20.4 Å². The Hall–Kier alpha value is -3.60. The number of carbonyl (C=O) groups is 2. The number of ether oxygens (including phenoxy) is 2. The van der Waals surface area contributed by atoms with Gasteiger partial charge in [0, 0.05) is 45.7 Å². The molecule has 0 atom stereocenters. The maximum atomic E-state index is 10.6. The molecule has 0 aliphatic rings. The molecule has 0 aliphatic heterocycles. The molecule has 0 unspecified atom stereocenters. The van der Waals surface area contributed by atoms with Crippen LogP contribution in [0.1, 0.15) is 20.7 Å². The largest absolute Gasteiger partial charge is 0.504 e. The number of nitrogen functional groups attached to an aromatic ring is 1. The second-order valence-electron chi connectivity index (χ2n) is 5.02. The summed E-state index contributed by atoms with van der Waals surface area (Å²) in [5.41, 5.74) is 4.10. The number of carboxylic acid groups (broad SMARTS) is 2. The first-order valence-corrected chi connectivity index (χ1v) is 7.66. The molecular weight excluding hydrogens is 527 g/mol. The molecule has 14 heteroatoms. The summed E-state index contributed by atoms with van der Waals surface area (Å²) < 4.78 is 9.36. The maximum absolute atomic E-state index is 10.6. The molecule has 0 amide bonds. The van der Waals surface area contributed by atoms with Crippen LogP contribution in [0.3, 0.4) is 0 Å². The molecule has 7 N–H and O–H groups in total. The third-order valence-corrected chi connectivity index (χ3v) is 3.31. The third-order valence-electron chi connectivity index (χ3n) is 3.31. The summed E-state index contributed by atoms with van der Waals surface area (Å²) in [4.78, 5) is 30.8. The van der Waals surface area contributed by atoms with E-state index in [1.165, 1.54) is 20.3 Å². The fourth-order valence-electron chi connectivity index (χ4n) is 1.98. The van der Waals surface area contributed by atoms with Crippen molar-refractivity contribution in [1.29, 1.82) is 0 Å². The summed E-state index contributed by atoms with van der Waals surface area (Å²) in [5.74, 6) is -3.36. The number of aliphatic hydroxyl groups excluding tert-OH is 1. The van der Waals surface area contributed by atoms with Crippen molar-refractivity contribution >= 4 is 23.3 Å². The quantitative estimate of drug-likeness (QED) is 0.0783. The van der Waals surface area contributed by atoms with Crippen LogP contribution in [0.2, 0.25) is 0 Å². The van der Waals surface area contributed by atoms with Crippen LogP contribution in [0.15, 0.2) is 24.3 Å². The van der Waals surface area contributed by atoms with Gasteiger partial charge in [-0.05, 0) is 0 Å². The summed E-state index contributed by atoms with van der Waals surface area (Å²) in [7, 11) is 3.56. The number of benzene rings is 2. The Labute approximate surface area is 196 Å². The normalized spacial score (nSPS) is 8.62. The van der Waals surface area contributed by atoms with Crippen molar-refractivity contribution in [3.63, 3.8) is 0 Å². The number of carboxylic acids is 2. The third kappa shape index (κ3) is 8.64. The number of rotatable bonds is 5. The zero-order valence-electron chi connectivity index (χ0n) is 17.3. The average molecular weight is 550 g/mol. The predicted octanol–water partition coefficient (Wildman–Crippen LogP) is 1.74. The van der Waals surface area contributed by atoms with E-state index in [4.69, 9.17) is 25.8 Å². The molecule has 0 saturated heterocycles. The number of nitrogens with two attached hydrogens (primary N) is 1. The second-order valence-corrected chi connectivity index (χ2v) is 5.02. The number of aromatic hydroxyl groups is 2. The van der Waals surface area contributed by atoms with Crippen molar-refractivity contribution in [2.75, 3.05) is 27.1 Å². The Bertz CT molecular complexity index is 936. The molecule has 0 radical (unpaired) electrons. The van der Waals surface area contributed by atoms with E-state index in [1.54, 1.807) is 0 Å². The molecule has 0 aliphatic carbocycles. The molecule has 13 nitrogen and oxygen atoms in total. The van der Waals surface area contributed by atoms with Crippen LogP contribution in [0.4, 0.5) is 11.4 Å². The van der Waals surface area contributed by atoms with Crippen LogP contribution in [-0.4, -0.2) is 63.7 Å². The number of aromatic carboxylic acids is 2. The molecule has 0 heterocycles. The number of anilines is 1. The van der Waals surface area contributed by atoms with Crippen molar-refractivity contribution in [2.45, 2.75) is 0 Å². The molecular formula is C18H23N2O11Pd-. The van der Waals surface area contributed by atoms with E-state index in [1.807, 2.05) is 0 Å². The van der Waals surface area contributed by atoms with Gasteiger partial charge in [0.1, 0.15) is 5.56 Å². The molecule has 0 fully saturated rings. The molecule has 0 aromatic heterocycles. The van der Waals surface area contributed by atoms with Crippen LogP contribution >= 0.6 is 0 Å². The maximum Gasteiger partial charge on any atom is 0.342 e. The summed E-state index contributed by atoms with van der Waals surface area (Å²) >= 11 is 0. The number of hydrogen-bond acceptors (Lipinski definition) is 10. The van der Waals surface area contributed by atoms with Crippen molar-refractivity contribution in [2.24, 2.45) is 0 Å². The van der Waals surface area contributed by atoms with Crippen molar-refractivity contribution < 1.29 is 69.9 Å². The minimum Gasteiger partial charge on any atom is -0.504 e. The zero-order valence-corrected chi connectivity index (χ0v) is 18.9. The van der Waals surface area contributed by atoms with Crippen LogP contribution in [0.25, 0.3) is 0 Å². The van der Waals surface area contributed by atoms with Crippen molar-refractivity contribution in [1.82, 2.24) is 0 Å². The van der Waals surface area contributed by atoms with E-state index in [0.29, 0.717) is 0 Å². The number of methoxy groups -OCH3 is 2. The van der Waals surface area contributed by atoms with Gasteiger partial charge in [-0.2, -0.15) is 0 Å².